The van der Waals surface area contributed by atoms with E-state index in [1.165, 1.54) is 17.7 Å². The van der Waals surface area contributed by atoms with Gasteiger partial charge in [0.1, 0.15) is 12.1 Å². The first kappa shape index (κ1) is 8.83. The Hall–Kier alpha value is -1.75. The van der Waals surface area contributed by atoms with Crippen LogP contribution >= 0.6 is 11.3 Å². The maximum Gasteiger partial charge on any atom is 0.266 e. The summed E-state index contributed by atoms with van der Waals surface area (Å²) in [6.45, 7) is 0. The van der Waals surface area contributed by atoms with Gasteiger partial charge in [0.2, 0.25) is 0 Å². The molecule has 4 nitrogen and oxygen atoms in total. The number of anilines is 1. The Morgan fingerprint density at radius 1 is 1.43 bits per heavy atom. The summed E-state index contributed by atoms with van der Waals surface area (Å²) in [5, 5.41) is 4.52. The van der Waals surface area contributed by atoms with Gasteiger partial charge in [-0.15, -0.1) is 11.3 Å². The van der Waals surface area contributed by atoms with Gasteiger partial charge in [0, 0.05) is 6.20 Å². The third-order valence-corrected chi connectivity index (χ3v) is 2.44. The molecule has 0 saturated heterocycles. The number of amides is 1. The van der Waals surface area contributed by atoms with Gasteiger partial charge in [-0.1, -0.05) is 6.07 Å². The summed E-state index contributed by atoms with van der Waals surface area (Å²) in [5.41, 5.74) is 0. The van der Waals surface area contributed by atoms with E-state index in [0.717, 1.165) is 0 Å². The van der Waals surface area contributed by atoms with Crippen molar-refractivity contribution in [3.05, 3.63) is 41.0 Å². The van der Waals surface area contributed by atoms with Gasteiger partial charge in [0.15, 0.2) is 0 Å². The van der Waals surface area contributed by atoms with Gasteiger partial charge in [-0.25, -0.2) is 9.97 Å². The summed E-state index contributed by atoms with van der Waals surface area (Å²) < 4.78 is 0. The number of aromatic nitrogens is 2. The molecule has 2 aromatic rings. The number of carbonyl (C=O) groups is 1. The second-order valence-electron chi connectivity index (χ2n) is 2.53. The van der Waals surface area contributed by atoms with Crippen LogP contribution in [0.2, 0.25) is 0 Å². The molecule has 0 aliphatic rings. The van der Waals surface area contributed by atoms with Crippen molar-refractivity contribution in [1.82, 2.24) is 9.97 Å². The zero-order valence-corrected chi connectivity index (χ0v) is 7.99. The van der Waals surface area contributed by atoms with E-state index in [4.69, 9.17) is 0 Å². The maximum absolute atomic E-state index is 11.5. The predicted molar refractivity (Wildman–Crippen MR) is 54.3 cm³/mol. The van der Waals surface area contributed by atoms with Gasteiger partial charge in [-0.3, -0.25) is 4.79 Å². The Bertz CT molecular complexity index is 413. The minimum Gasteiger partial charge on any atom is -0.306 e. The van der Waals surface area contributed by atoms with Crippen LogP contribution in [0.1, 0.15) is 9.67 Å². The highest BCUT2D eigenvalue weighted by molar-refractivity contribution is 7.12. The zero-order chi connectivity index (χ0) is 9.80. The van der Waals surface area contributed by atoms with Crippen molar-refractivity contribution in [1.29, 1.82) is 0 Å². The lowest BCUT2D eigenvalue weighted by Crippen LogP contribution is -2.11. The summed E-state index contributed by atoms with van der Waals surface area (Å²) in [7, 11) is 0. The Balaban J connectivity index is 2.10. The van der Waals surface area contributed by atoms with Crippen LogP contribution in [0.5, 0.6) is 0 Å². The first-order valence-electron chi connectivity index (χ1n) is 3.97. The van der Waals surface area contributed by atoms with E-state index in [0.29, 0.717) is 10.7 Å². The van der Waals surface area contributed by atoms with E-state index in [-0.39, 0.29) is 5.91 Å². The van der Waals surface area contributed by atoms with Gasteiger partial charge in [-0.2, -0.15) is 0 Å². The molecule has 1 amide bonds. The van der Waals surface area contributed by atoms with Crippen molar-refractivity contribution < 1.29 is 4.79 Å². The summed E-state index contributed by atoms with van der Waals surface area (Å²) in [5.74, 6) is 0.372. The number of nitrogens with zero attached hydrogens (tertiary/aromatic N) is 2. The third kappa shape index (κ3) is 1.94. The topological polar surface area (TPSA) is 54.9 Å². The molecule has 1 N–H and O–H groups in total. The van der Waals surface area contributed by atoms with E-state index in [1.807, 2.05) is 11.4 Å². The van der Waals surface area contributed by atoms with Crippen LogP contribution in [-0.4, -0.2) is 15.9 Å². The molecule has 0 radical (unpaired) electrons. The number of nitrogens with one attached hydrogen (secondary N) is 1. The van der Waals surface area contributed by atoms with Crippen LogP contribution in [0.4, 0.5) is 5.82 Å². The first-order chi connectivity index (χ1) is 6.86. The Morgan fingerprint density at radius 2 is 2.36 bits per heavy atom. The van der Waals surface area contributed by atoms with Crippen LogP contribution in [0.25, 0.3) is 0 Å². The van der Waals surface area contributed by atoms with E-state index in [2.05, 4.69) is 15.3 Å². The molecule has 2 heterocycles. The standard InChI is InChI=1S/C9H7N3OS/c13-9(7-2-1-5-14-7)12-8-3-4-10-6-11-8/h1-6H,(H,10,11,12,13). The first-order valence-corrected chi connectivity index (χ1v) is 4.85. The Labute approximate surface area is 84.6 Å². The summed E-state index contributed by atoms with van der Waals surface area (Å²) >= 11 is 1.39. The molecule has 5 heteroatoms. The monoisotopic (exact) mass is 205 g/mol. The normalized spacial score (nSPS) is 9.71. The van der Waals surface area contributed by atoms with Gasteiger partial charge >= 0.3 is 0 Å². The molecule has 0 aromatic carbocycles. The molecule has 0 aliphatic heterocycles. The van der Waals surface area contributed by atoms with Crippen molar-refractivity contribution in [3.8, 4) is 0 Å². The number of thiophene rings is 1. The zero-order valence-electron chi connectivity index (χ0n) is 7.18. The van der Waals surface area contributed by atoms with Crippen LogP contribution in [-0.2, 0) is 0 Å². The van der Waals surface area contributed by atoms with Crippen molar-refractivity contribution in [2.45, 2.75) is 0 Å². The number of carbonyl (C=O) groups excluding carboxylic acids is 1. The molecular weight excluding hydrogens is 198 g/mol. The summed E-state index contributed by atoms with van der Waals surface area (Å²) in [6.07, 6.45) is 2.97. The van der Waals surface area contributed by atoms with Gasteiger partial charge < -0.3 is 5.32 Å². The van der Waals surface area contributed by atoms with E-state index < -0.39 is 0 Å². The van der Waals surface area contributed by atoms with E-state index in [1.54, 1.807) is 18.3 Å². The lowest BCUT2D eigenvalue weighted by Gasteiger charge is -2.00. The lowest BCUT2D eigenvalue weighted by molar-refractivity contribution is 0.103. The Kier molecular flexibility index (Phi) is 2.51. The van der Waals surface area contributed by atoms with Crippen LogP contribution in [0, 0.1) is 0 Å². The van der Waals surface area contributed by atoms with Crippen LogP contribution in [0.15, 0.2) is 36.1 Å². The average Bonchev–Trinajstić information content (AvgIpc) is 2.72. The van der Waals surface area contributed by atoms with Gasteiger partial charge in [0.25, 0.3) is 5.91 Å². The molecule has 0 aliphatic carbocycles. The summed E-state index contributed by atoms with van der Waals surface area (Å²) in [6, 6.07) is 5.24. The molecule has 0 fully saturated rings. The average molecular weight is 205 g/mol. The molecule has 0 atom stereocenters. The largest absolute Gasteiger partial charge is 0.306 e. The van der Waals surface area contributed by atoms with E-state index >= 15 is 0 Å². The molecule has 14 heavy (non-hydrogen) atoms. The van der Waals surface area contributed by atoms with Crippen molar-refractivity contribution in [3.63, 3.8) is 0 Å². The van der Waals surface area contributed by atoms with Crippen molar-refractivity contribution in [2.24, 2.45) is 0 Å². The molecular formula is C9H7N3OS. The number of hydrogen-bond acceptors (Lipinski definition) is 4. The highest BCUT2D eigenvalue weighted by Gasteiger charge is 2.06. The second kappa shape index (κ2) is 3.97. The fourth-order valence-corrected chi connectivity index (χ4v) is 1.57. The molecule has 2 aromatic heterocycles. The van der Waals surface area contributed by atoms with Gasteiger partial charge in [-0.05, 0) is 17.5 Å². The predicted octanol–water partition coefficient (Wildman–Crippen LogP) is 1.79. The minimum absolute atomic E-state index is 0.140. The lowest BCUT2D eigenvalue weighted by atomic mass is 10.4. The third-order valence-electron chi connectivity index (χ3n) is 1.57. The highest BCUT2D eigenvalue weighted by Crippen LogP contribution is 2.10. The fraction of sp³-hybridized carbons (Fsp3) is 0. The molecule has 0 spiro atoms. The molecule has 0 saturated carbocycles. The number of hydrogen-bond donors (Lipinski definition) is 1. The SMILES string of the molecule is O=C(Nc1ccncn1)c1cccs1. The smallest absolute Gasteiger partial charge is 0.266 e. The highest BCUT2D eigenvalue weighted by atomic mass is 32.1. The van der Waals surface area contributed by atoms with Gasteiger partial charge in [0.05, 0.1) is 4.88 Å². The number of rotatable bonds is 2. The maximum atomic E-state index is 11.5. The summed E-state index contributed by atoms with van der Waals surface area (Å²) in [4.78, 5) is 19.8. The molecule has 0 bridgehead atoms. The molecule has 2 rings (SSSR count). The molecule has 0 unspecified atom stereocenters. The minimum atomic E-state index is -0.140. The van der Waals surface area contributed by atoms with Crippen LogP contribution in [0.3, 0.4) is 0 Å². The fourth-order valence-electron chi connectivity index (χ4n) is 0.950. The Morgan fingerprint density at radius 3 is 3.00 bits per heavy atom. The van der Waals surface area contributed by atoms with Crippen molar-refractivity contribution >= 4 is 23.1 Å². The van der Waals surface area contributed by atoms with Crippen molar-refractivity contribution in [2.75, 3.05) is 5.32 Å². The van der Waals surface area contributed by atoms with E-state index in [9.17, 15) is 4.79 Å². The van der Waals surface area contributed by atoms with Crippen LogP contribution < -0.4 is 5.32 Å². The second-order valence-corrected chi connectivity index (χ2v) is 3.47. The quantitative estimate of drug-likeness (QED) is 0.813. The molecule has 70 valence electrons.